The summed E-state index contributed by atoms with van der Waals surface area (Å²) in [4.78, 5) is 27.6. The fourth-order valence-corrected chi connectivity index (χ4v) is 3.67. The van der Waals surface area contributed by atoms with Crippen molar-refractivity contribution in [3.63, 3.8) is 0 Å². The molecular weight excluding hydrogens is 404 g/mol. The summed E-state index contributed by atoms with van der Waals surface area (Å²) in [7, 11) is 1.67. The highest BCUT2D eigenvalue weighted by Crippen LogP contribution is 2.19. The van der Waals surface area contributed by atoms with E-state index in [4.69, 9.17) is 5.41 Å². The summed E-state index contributed by atoms with van der Waals surface area (Å²) >= 11 is 0. The molecule has 1 aliphatic rings. The van der Waals surface area contributed by atoms with Gasteiger partial charge in [0.15, 0.2) is 0 Å². The Morgan fingerprint density at radius 3 is 2.19 bits per heavy atom. The zero-order valence-corrected chi connectivity index (χ0v) is 18.2. The first kappa shape index (κ1) is 21.3. The molecule has 1 fully saturated rings. The third kappa shape index (κ3) is 4.54. The maximum absolute atomic E-state index is 12.8. The van der Waals surface area contributed by atoms with Gasteiger partial charge in [0.1, 0.15) is 17.2 Å². The summed E-state index contributed by atoms with van der Waals surface area (Å²) in [6, 6.07) is 14.4. The van der Waals surface area contributed by atoms with E-state index < -0.39 is 0 Å². The van der Waals surface area contributed by atoms with Gasteiger partial charge in [0, 0.05) is 37.0 Å². The van der Waals surface area contributed by atoms with Gasteiger partial charge in [-0.2, -0.15) is 5.10 Å². The predicted molar refractivity (Wildman–Crippen MR) is 124 cm³/mol. The van der Waals surface area contributed by atoms with Gasteiger partial charge < -0.3 is 15.5 Å². The van der Waals surface area contributed by atoms with E-state index in [9.17, 15) is 9.59 Å². The van der Waals surface area contributed by atoms with E-state index in [0.29, 0.717) is 22.9 Å². The Morgan fingerprint density at radius 1 is 0.906 bits per heavy atom. The van der Waals surface area contributed by atoms with Crippen LogP contribution in [0.5, 0.6) is 0 Å². The molecule has 8 nitrogen and oxygen atoms in total. The zero-order valence-electron chi connectivity index (χ0n) is 18.2. The van der Waals surface area contributed by atoms with E-state index in [1.54, 1.807) is 31.3 Å². The van der Waals surface area contributed by atoms with Crippen LogP contribution in [0.25, 0.3) is 0 Å². The van der Waals surface area contributed by atoms with Gasteiger partial charge in [-0.1, -0.05) is 29.8 Å². The topological polar surface area (TPSA) is 103 Å². The summed E-state index contributed by atoms with van der Waals surface area (Å²) in [5.41, 5.74) is 3.25. The number of carbonyl (C=O) groups excluding carboxylic acids is 2. The van der Waals surface area contributed by atoms with Gasteiger partial charge in [0.25, 0.3) is 11.8 Å². The Hall–Kier alpha value is -3.94. The van der Waals surface area contributed by atoms with Crippen molar-refractivity contribution in [1.82, 2.24) is 14.7 Å². The van der Waals surface area contributed by atoms with Crippen molar-refractivity contribution in [2.24, 2.45) is 7.05 Å². The van der Waals surface area contributed by atoms with Crippen molar-refractivity contribution in [2.75, 3.05) is 23.7 Å². The van der Waals surface area contributed by atoms with Crippen LogP contribution in [0.4, 0.5) is 11.5 Å². The molecule has 0 aliphatic carbocycles. The van der Waals surface area contributed by atoms with Gasteiger partial charge in [-0.15, -0.1) is 0 Å². The van der Waals surface area contributed by atoms with Crippen molar-refractivity contribution in [3.05, 3.63) is 77.0 Å². The summed E-state index contributed by atoms with van der Waals surface area (Å²) in [6.07, 6.45) is 3.64. The lowest BCUT2D eigenvalue weighted by molar-refractivity contribution is 0.102. The monoisotopic (exact) mass is 430 g/mol. The van der Waals surface area contributed by atoms with Crippen molar-refractivity contribution in [3.8, 4) is 0 Å². The Kier molecular flexibility index (Phi) is 6.02. The van der Waals surface area contributed by atoms with E-state index in [-0.39, 0.29) is 17.4 Å². The molecule has 0 radical (unpaired) electrons. The maximum atomic E-state index is 12.8. The number of aromatic nitrogens is 2. The number of hydrogen-bond acceptors (Lipinski definition) is 4. The molecule has 2 heterocycles. The van der Waals surface area contributed by atoms with Crippen LogP contribution < -0.4 is 10.6 Å². The summed E-state index contributed by atoms with van der Waals surface area (Å²) in [5.74, 6) is 0.0913. The lowest BCUT2D eigenvalue weighted by Gasteiger charge is -2.18. The third-order valence-electron chi connectivity index (χ3n) is 5.57. The molecule has 2 amide bonds. The fourth-order valence-electron chi connectivity index (χ4n) is 3.67. The Bertz CT molecular complexity index is 1140. The van der Waals surface area contributed by atoms with E-state index in [0.717, 1.165) is 37.1 Å². The van der Waals surface area contributed by atoms with Crippen molar-refractivity contribution < 1.29 is 9.59 Å². The smallest absolute Gasteiger partial charge is 0.261 e. The number of nitrogens with one attached hydrogen (secondary N) is 3. The highest BCUT2D eigenvalue weighted by molar-refractivity contribution is 6.12. The minimum Gasteiger partial charge on any atom is -0.357 e. The SMILES string of the molecule is Cc1ccc(NC(=O)c2cnn(C)c2NC(=O)c2ccc(C(=N)N3CCCC3)cc2)cc1. The number of carbonyl (C=O) groups is 2. The van der Waals surface area contributed by atoms with Gasteiger partial charge in [0.05, 0.1) is 6.20 Å². The van der Waals surface area contributed by atoms with Crippen LogP contribution in [0.2, 0.25) is 0 Å². The molecule has 0 bridgehead atoms. The molecule has 0 atom stereocenters. The largest absolute Gasteiger partial charge is 0.357 e. The normalized spacial score (nSPS) is 13.1. The Balaban J connectivity index is 1.46. The number of benzene rings is 2. The first-order chi connectivity index (χ1) is 15.4. The highest BCUT2D eigenvalue weighted by atomic mass is 16.2. The van der Waals surface area contributed by atoms with Crippen LogP contribution in [-0.4, -0.2) is 45.4 Å². The number of anilines is 2. The second-order valence-electron chi connectivity index (χ2n) is 7.92. The second-order valence-corrected chi connectivity index (χ2v) is 7.92. The van der Waals surface area contributed by atoms with Crippen LogP contribution in [0.3, 0.4) is 0 Å². The molecule has 3 N–H and O–H groups in total. The van der Waals surface area contributed by atoms with Gasteiger partial charge in [0.2, 0.25) is 0 Å². The third-order valence-corrected chi connectivity index (χ3v) is 5.57. The molecular formula is C24H26N6O2. The Labute approximate surface area is 186 Å². The van der Waals surface area contributed by atoms with Gasteiger partial charge in [-0.05, 0) is 44.0 Å². The molecule has 32 heavy (non-hydrogen) atoms. The predicted octanol–water partition coefficient (Wildman–Crippen LogP) is 3.65. The highest BCUT2D eigenvalue weighted by Gasteiger charge is 2.20. The quantitative estimate of drug-likeness (QED) is 0.425. The summed E-state index contributed by atoms with van der Waals surface area (Å²) < 4.78 is 1.46. The average Bonchev–Trinajstić information content (AvgIpc) is 3.46. The standard InChI is InChI=1S/C24H26N6O2/c1-16-5-11-19(12-6-16)27-24(32)20-15-26-29(2)22(20)28-23(31)18-9-7-17(8-10-18)21(25)30-13-3-4-14-30/h5-12,15,25H,3-4,13-14H2,1-2H3,(H,27,32)(H,28,31). The minimum atomic E-state index is -0.355. The van der Waals surface area contributed by atoms with Crippen molar-refractivity contribution >= 4 is 29.2 Å². The molecule has 1 aromatic heterocycles. The molecule has 0 spiro atoms. The number of hydrogen-bond donors (Lipinski definition) is 3. The molecule has 8 heteroatoms. The van der Waals surface area contributed by atoms with E-state index in [2.05, 4.69) is 15.7 Å². The van der Waals surface area contributed by atoms with Crippen LogP contribution >= 0.6 is 0 Å². The number of amides is 2. The summed E-state index contributed by atoms with van der Waals surface area (Å²) in [6.45, 7) is 3.77. The lowest BCUT2D eigenvalue weighted by atomic mass is 10.1. The summed E-state index contributed by atoms with van der Waals surface area (Å²) in [5, 5.41) is 18.1. The number of nitrogens with zero attached hydrogens (tertiary/aromatic N) is 3. The van der Waals surface area contributed by atoms with Crippen molar-refractivity contribution in [1.29, 1.82) is 5.41 Å². The minimum absolute atomic E-state index is 0.272. The van der Waals surface area contributed by atoms with Crippen LogP contribution in [0.15, 0.2) is 54.7 Å². The van der Waals surface area contributed by atoms with Gasteiger partial charge in [-0.25, -0.2) is 0 Å². The molecule has 1 saturated heterocycles. The molecule has 1 aliphatic heterocycles. The molecule has 0 unspecified atom stereocenters. The van der Waals surface area contributed by atoms with Gasteiger partial charge in [-0.3, -0.25) is 19.7 Å². The molecule has 164 valence electrons. The van der Waals surface area contributed by atoms with E-state index >= 15 is 0 Å². The number of likely N-dealkylation sites (tertiary alicyclic amines) is 1. The first-order valence-corrected chi connectivity index (χ1v) is 10.6. The van der Waals surface area contributed by atoms with Gasteiger partial charge >= 0.3 is 0 Å². The van der Waals surface area contributed by atoms with E-state index in [1.165, 1.54) is 10.9 Å². The maximum Gasteiger partial charge on any atom is 0.261 e. The molecule has 4 rings (SSSR count). The molecule has 0 saturated carbocycles. The molecule has 3 aromatic rings. The first-order valence-electron chi connectivity index (χ1n) is 10.6. The zero-order chi connectivity index (χ0) is 22.7. The lowest BCUT2D eigenvalue weighted by Crippen LogP contribution is -2.27. The van der Waals surface area contributed by atoms with Crippen LogP contribution in [-0.2, 0) is 7.05 Å². The number of amidine groups is 1. The van der Waals surface area contributed by atoms with Crippen LogP contribution in [0, 0.1) is 12.3 Å². The number of rotatable bonds is 5. The van der Waals surface area contributed by atoms with Crippen molar-refractivity contribution in [2.45, 2.75) is 19.8 Å². The Morgan fingerprint density at radius 2 is 1.53 bits per heavy atom. The number of aryl methyl sites for hydroxylation is 2. The second kappa shape index (κ2) is 9.05. The average molecular weight is 431 g/mol. The molecule has 2 aromatic carbocycles. The van der Waals surface area contributed by atoms with Crippen LogP contribution in [0.1, 0.15) is 44.7 Å². The van der Waals surface area contributed by atoms with E-state index in [1.807, 2.05) is 36.1 Å². The fraction of sp³-hybridized carbons (Fsp3) is 0.250.